The van der Waals surface area contributed by atoms with Gasteiger partial charge in [0.25, 0.3) is 0 Å². The van der Waals surface area contributed by atoms with E-state index in [1.165, 1.54) is 6.07 Å². The Kier molecular flexibility index (Phi) is 2.58. The van der Waals surface area contributed by atoms with Gasteiger partial charge in [0.1, 0.15) is 0 Å². The number of aromatic carboxylic acids is 1. The summed E-state index contributed by atoms with van der Waals surface area (Å²) in [6.45, 7) is 1.73. The molecule has 1 aromatic carbocycles. The van der Waals surface area contributed by atoms with Crippen molar-refractivity contribution in [3.63, 3.8) is 0 Å². The van der Waals surface area contributed by atoms with E-state index in [0.717, 1.165) is 11.3 Å². The second-order valence-corrected chi connectivity index (χ2v) is 6.29. The van der Waals surface area contributed by atoms with Crippen molar-refractivity contribution in [2.24, 2.45) is 23.7 Å². The maximum Gasteiger partial charge on any atom is 0.337 e. The van der Waals surface area contributed by atoms with Gasteiger partial charge in [-0.05, 0) is 36.8 Å². The topological polar surface area (TPSA) is 74.7 Å². The molecule has 1 aliphatic heterocycles. The molecule has 2 bridgehead atoms. The first kappa shape index (κ1) is 13.2. The zero-order valence-electron chi connectivity index (χ0n) is 12.0. The van der Waals surface area contributed by atoms with Gasteiger partial charge in [-0.2, -0.15) is 0 Å². The number of hydrogen-bond donors (Lipinski definition) is 1. The van der Waals surface area contributed by atoms with Gasteiger partial charge in [0.2, 0.25) is 11.8 Å². The van der Waals surface area contributed by atoms with Crippen LogP contribution in [0.1, 0.15) is 22.3 Å². The lowest BCUT2D eigenvalue weighted by Crippen LogP contribution is -2.34. The number of carboxylic acids is 1. The molecule has 22 heavy (non-hydrogen) atoms. The summed E-state index contributed by atoms with van der Waals surface area (Å²) in [5.41, 5.74) is 0.864. The van der Waals surface area contributed by atoms with Gasteiger partial charge in [-0.3, -0.25) is 9.59 Å². The van der Waals surface area contributed by atoms with E-state index in [1.807, 2.05) is 12.2 Å². The summed E-state index contributed by atoms with van der Waals surface area (Å²) in [4.78, 5) is 38.2. The van der Waals surface area contributed by atoms with Crippen LogP contribution in [0.3, 0.4) is 0 Å². The van der Waals surface area contributed by atoms with Gasteiger partial charge in [-0.1, -0.05) is 24.3 Å². The first-order valence-corrected chi connectivity index (χ1v) is 7.39. The molecule has 2 amide bonds. The van der Waals surface area contributed by atoms with Crippen molar-refractivity contribution < 1.29 is 19.5 Å². The molecule has 1 saturated carbocycles. The van der Waals surface area contributed by atoms with E-state index in [9.17, 15) is 19.5 Å². The number of nitrogens with zero attached hydrogens (tertiary/aromatic N) is 1. The molecule has 5 nitrogen and oxygen atoms in total. The Morgan fingerprint density at radius 3 is 2.27 bits per heavy atom. The van der Waals surface area contributed by atoms with Gasteiger partial charge in [0, 0.05) is 0 Å². The molecule has 2 aliphatic carbocycles. The standard InChI is InChI=1S/C17H15NO4/c1-8-3-2-4-11(17(21)22)14(8)18-15(19)12-9-5-6-10(7-9)13(12)16(18)20/h2-6,9-10,12-13H,7H2,1H3,(H,21,22)/t9-,10+,12-,13+. The number of carboxylic acid groups (broad SMARTS) is 1. The number of imide groups is 1. The highest BCUT2D eigenvalue weighted by Crippen LogP contribution is 2.53. The van der Waals surface area contributed by atoms with Crippen molar-refractivity contribution in [3.8, 4) is 0 Å². The van der Waals surface area contributed by atoms with Gasteiger partial charge in [0.05, 0.1) is 23.1 Å². The summed E-state index contributed by atoms with van der Waals surface area (Å²) < 4.78 is 0. The minimum Gasteiger partial charge on any atom is -0.478 e. The third kappa shape index (κ3) is 1.51. The summed E-state index contributed by atoms with van der Waals surface area (Å²) in [5, 5.41) is 9.38. The van der Waals surface area contributed by atoms with Crippen molar-refractivity contribution in [2.45, 2.75) is 13.3 Å². The number of rotatable bonds is 2. The average Bonchev–Trinajstić information content (AvgIpc) is 3.14. The van der Waals surface area contributed by atoms with Crippen molar-refractivity contribution in [1.82, 2.24) is 0 Å². The zero-order valence-corrected chi connectivity index (χ0v) is 12.0. The highest BCUT2D eigenvalue weighted by Gasteiger charge is 2.60. The third-order valence-corrected chi connectivity index (χ3v) is 5.16. The Morgan fingerprint density at radius 1 is 1.14 bits per heavy atom. The van der Waals surface area contributed by atoms with Crippen LogP contribution in [-0.2, 0) is 9.59 Å². The number of carbonyl (C=O) groups is 3. The lowest BCUT2D eigenvalue weighted by atomic mass is 9.85. The van der Waals surface area contributed by atoms with E-state index in [4.69, 9.17) is 0 Å². The Balaban J connectivity index is 1.84. The van der Waals surface area contributed by atoms with Crippen molar-refractivity contribution >= 4 is 23.5 Å². The highest BCUT2D eigenvalue weighted by molar-refractivity contribution is 6.24. The molecule has 1 saturated heterocycles. The number of hydrogen-bond acceptors (Lipinski definition) is 3. The Hall–Kier alpha value is -2.43. The first-order valence-electron chi connectivity index (χ1n) is 7.39. The molecular weight excluding hydrogens is 282 g/mol. The third-order valence-electron chi connectivity index (χ3n) is 5.16. The van der Waals surface area contributed by atoms with Crippen LogP contribution in [0.2, 0.25) is 0 Å². The van der Waals surface area contributed by atoms with Crippen LogP contribution in [0.25, 0.3) is 0 Å². The molecule has 5 heteroatoms. The van der Waals surface area contributed by atoms with E-state index in [-0.39, 0.29) is 46.7 Å². The minimum absolute atomic E-state index is 0.00183. The summed E-state index contributed by atoms with van der Waals surface area (Å²) in [5.74, 6) is -2.01. The fourth-order valence-corrected chi connectivity index (χ4v) is 4.25. The largest absolute Gasteiger partial charge is 0.478 e. The van der Waals surface area contributed by atoms with E-state index >= 15 is 0 Å². The van der Waals surface area contributed by atoms with Crippen molar-refractivity contribution in [1.29, 1.82) is 0 Å². The quantitative estimate of drug-likeness (QED) is 0.669. The van der Waals surface area contributed by atoms with Gasteiger partial charge in [-0.25, -0.2) is 9.69 Å². The van der Waals surface area contributed by atoms with Gasteiger partial charge in [0.15, 0.2) is 0 Å². The number of allylic oxidation sites excluding steroid dienone is 2. The Bertz CT molecular complexity index is 721. The summed E-state index contributed by atoms with van der Waals surface area (Å²) in [6, 6.07) is 4.79. The molecule has 1 N–H and O–H groups in total. The summed E-state index contributed by atoms with van der Waals surface area (Å²) >= 11 is 0. The van der Waals surface area contributed by atoms with Gasteiger partial charge >= 0.3 is 5.97 Å². The van der Waals surface area contributed by atoms with Crippen LogP contribution in [0.4, 0.5) is 5.69 Å². The molecule has 0 spiro atoms. The molecular formula is C17H15NO4. The predicted octanol–water partition coefficient (Wildman–Crippen LogP) is 2.00. The molecule has 3 aliphatic rings. The Morgan fingerprint density at radius 2 is 1.73 bits per heavy atom. The molecule has 0 radical (unpaired) electrons. The number of fused-ring (bicyclic) bond motifs is 5. The number of benzene rings is 1. The summed E-state index contributed by atoms with van der Waals surface area (Å²) in [6.07, 6.45) is 4.91. The smallest absolute Gasteiger partial charge is 0.337 e. The number of amides is 2. The SMILES string of the molecule is Cc1cccc(C(=O)O)c1N1C(=O)[C@@H]2[C@H](C1=O)[C@@H]1C=C[C@H]2C1. The minimum atomic E-state index is -1.13. The first-order chi connectivity index (χ1) is 10.5. The lowest BCUT2D eigenvalue weighted by Gasteiger charge is -2.21. The molecule has 0 aromatic heterocycles. The average molecular weight is 297 g/mol. The van der Waals surface area contributed by atoms with Gasteiger partial charge < -0.3 is 5.11 Å². The molecule has 1 heterocycles. The number of anilines is 1. The fraction of sp³-hybridized carbons (Fsp3) is 0.353. The zero-order chi connectivity index (χ0) is 15.6. The fourth-order valence-electron chi connectivity index (χ4n) is 4.25. The molecule has 4 rings (SSSR count). The molecule has 2 fully saturated rings. The van der Waals surface area contributed by atoms with Crippen LogP contribution in [0, 0.1) is 30.6 Å². The van der Waals surface area contributed by atoms with Crippen molar-refractivity contribution in [3.05, 3.63) is 41.5 Å². The van der Waals surface area contributed by atoms with E-state index in [2.05, 4.69) is 0 Å². The van der Waals surface area contributed by atoms with Crippen LogP contribution in [0.15, 0.2) is 30.4 Å². The molecule has 4 atom stereocenters. The molecule has 112 valence electrons. The van der Waals surface area contributed by atoms with Gasteiger partial charge in [-0.15, -0.1) is 0 Å². The Labute approximate surface area is 127 Å². The maximum atomic E-state index is 12.8. The van der Waals surface area contributed by atoms with E-state index < -0.39 is 5.97 Å². The summed E-state index contributed by atoms with van der Waals surface area (Å²) in [7, 11) is 0. The monoisotopic (exact) mass is 297 g/mol. The molecule has 0 unspecified atom stereocenters. The van der Waals surface area contributed by atoms with Crippen LogP contribution >= 0.6 is 0 Å². The number of carbonyl (C=O) groups excluding carboxylic acids is 2. The number of para-hydroxylation sites is 1. The van der Waals surface area contributed by atoms with Crippen LogP contribution in [0.5, 0.6) is 0 Å². The highest BCUT2D eigenvalue weighted by atomic mass is 16.4. The molecule has 1 aromatic rings. The maximum absolute atomic E-state index is 12.8. The number of aryl methyl sites for hydroxylation is 1. The second-order valence-electron chi connectivity index (χ2n) is 6.29. The van der Waals surface area contributed by atoms with Crippen molar-refractivity contribution in [2.75, 3.05) is 4.90 Å². The van der Waals surface area contributed by atoms with Crippen LogP contribution in [-0.4, -0.2) is 22.9 Å². The van der Waals surface area contributed by atoms with E-state index in [0.29, 0.717) is 5.56 Å². The lowest BCUT2D eigenvalue weighted by molar-refractivity contribution is -0.123. The van der Waals surface area contributed by atoms with E-state index in [1.54, 1.807) is 19.1 Å². The predicted molar refractivity (Wildman–Crippen MR) is 78.3 cm³/mol. The van der Waals surface area contributed by atoms with Crippen LogP contribution < -0.4 is 4.90 Å². The normalized spacial score (nSPS) is 32.0. The second kappa shape index (κ2) is 4.29.